The van der Waals surface area contributed by atoms with Crippen molar-refractivity contribution in [1.29, 1.82) is 0 Å². The van der Waals surface area contributed by atoms with Crippen LogP contribution in [-0.2, 0) is 0 Å². The Morgan fingerprint density at radius 3 is 3.06 bits per heavy atom. The van der Waals surface area contributed by atoms with Crippen molar-refractivity contribution in [3.8, 4) is 0 Å². The number of nitrogens with one attached hydrogen (secondary N) is 2. The Morgan fingerprint density at radius 2 is 2.17 bits per heavy atom. The van der Waals surface area contributed by atoms with Gasteiger partial charge in [-0.1, -0.05) is 24.6 Å². The van der Waals surface area contributed by atoms with E-state index in [2.05, 4.69) is 39.9 Å². The Morgan fingerprint density at radius 1 is 1.22 bits per heavy atom. The molecule has 1 saturated heterocycles. The number of nitrogens with zero attached hydrogens (tertiary/aromatic N) is 1. The van der Waals surface area contributed by atoms with E-state index >= 15 is 0 Å². The third-order valence-electron chi connectivity index (χ3n) is 3.58. The van der Waals surface area contributed by atoms with Crippen LogP contribution >= 0.6 is 0 Å². The van der Waals surface area contributed by atoms with Gasteiger partial charge in [0.25, 0.3) is 0 Å². The van der Waals surface area contributed by atoms with E-state index in [1.165, 1.54) is 24.6 Å². The molecule has 94 valence electrons. The Kier molecular flexibility index (Phi) is 3.42. The van der Waals surface area contributed by atoms with Crippen molar-refractivity contribution in [1.82, 2.24) is 10.3 Å². The Labute approximate surface area is 108 Å². The molecule has 1 unspecified atom stereocenters. The van der Waals surface area contributed by atoms with Crippen LogP contribution in [0, 0.1) is 0 Å². The number of para-hydroxylation sites is 1. The molecule has 1 aliphatic heterocycles. The van der Waals surface area contributed by atoms with Crippen LogP contribution in [-0.4, -0.2) is 24.1 Å². The van der Waals surface area contributed by atoms with Gasteiger partial charge in [-0.3, -0.25) is 4.98 Å². The summed E-state index contributed by atoms with van der Waals surface area (Å²) in [5, 5.41) is 8.28. The van der Waals surface area contributed by atoms with Gasteiger partial charge in [0.2, 0.25) is 0 Å². The summed E-state index contributed by atoms with van der Waals surface area (Å²) in [5.74, 6) is 0. The van der Waals surface area contributed by atoms with Crippen LogP contribution in [0.3, 0.4) is 0 Å². The second kappa shape index (κ2) is 5.36. The molecule has 3 heteroatoms. The van der Waals surface area contributed by atoms with E-state index < -0.39 is 0 Å². The van der Waals surface area contributed by atoms with Crippen LogP contribution in [0.15, 0.2) is 36.5 Å². The first-order chi connectivity index (χ1) is 8.93. The fourth-order valence-electron chi connectivity index (χ4n) is 2.58. The van der Waals surface area contributed by atoms with Gasteiger partial charge in [0.1, 0.15) is 0 Å². The second-order valence-electron chi connectivity index (χ2n) is 4.91. The molecule has 1 aromatic carbocycles. The van der Waals surface area contributed by atoms with E-state index in [0.29, 0.717) is 6.04 Å². The maximum Gasteiger partial charge on any atom is 0.0933 e. The summed E-state index contributed by atoms with van der Waals surface area (Å²) in [7, 11) is 0. The third kappa shape index (κ3) is 2.46. The molecule has 3 nitrogen and oxygen atoms in total. The molecule has 18 heavy (non-hydrogen) atoms. The lowest BCUT2D eigenvalue weighted by Gasteiger charge is -2.24. The highest BCUT2D eigenvalue weighted by atomic mass is 15.0. The van der Waals surface area contributed by atoms with Crippen LogP contribution in [0.2, 0.25) is 0 Å². The third-order valence-corrected chi connectivity index (χ3v) is 3.58. The summed E-state index contributed by atoms with van der Waals surface area (Å²) < 4.78 is 0. The standard InChI is InChI=1S/C15H19N3/c1-2-9-16-13(7-1)11-18-14-8-3-5-12-6-4-10-17-15(12)14/h3-6,8,10,13,16,18H,1-2,7,9,11H2. The smallest absolute Gasteiger partial charge is 0.0933 e. The van der Waals surface area contributed by atoms with E-state index in [4.69, 9.17) is 0 Å². The Hall–Kier alpha value is -1.61. The highest BCUT2D eigenvalue weighted by molar-refractivity contribution is 5.90. The molecule has 1 fully saturated rings. The number of rotatable bonds is 3. The van der Waals surface area contributed by atoms with Crippen molar-refractivity contribution in [2.75, 3.05) is 18.4 Å². The fraction of sp³-hybridized carbons (Fsp3) is 0.400. The number of aromatic nitrogens is 1. The van der Waals surface area contributed by atoms with Crippen LogP contribution in [0.1, 0.15) is 19.3 Å². The molecule has 2 aromatic rings. The minimum absolute atomic E-state index is 0.595. The normalized spacial score (nSPS) is 19.9. The van der Waals surface area contributed by atoms with Gasteiger partial charge < -0.3 is 10.6 Å². The van der Waals surface area contributed by atoms with Gasteiger partial charge in [-0.05, 0) is 31.5 Å². The molecule has 0 amide bonds. The lowest BCUT2D eigenvalue weighted by atomic mass is 10.0. The van der Waals surface area contributed by atoms with Crippen molar-refractivity contribution in [3.05, 3.63) is 36.5 Å². The highest BCUT2D eigenvalue weighted by Crippen LogP contribution is 2.20. The minimum atomic E-state index is 0.595. The lowest BCUT2D eigenvalue weighted by molar-refractivity contribution is 0.414. The van der Waals surface area contributed by atoms with Crippen molar-refractivity contribution < 1.29 is 0 Å². The number of hydrogen-bond donors (Lipinski definition) is 2. The molecule has 1 aliphatic rings. The maximum absolute atomic E-state index is 4.46. The number of fused-ring (bicyclic) bond motifs is 1. The molecule has 0 radical (unpaired) electrons. The molecule has 0 aliphatic carbocycles. The molecule has 1 aromatic heterocycles. The van der Waals surface area contributed by atoms with Crippen LogP contribution < -0.4 is 10.6 Å². The average Bonchev–Trinajstić information content (AvgIpc) is 2.46. The SMILES string of the molecule is c1cnc2c(NCC3CCCCN3)cccc2c1. The molecule has 0 bridgehead atoms. The largest absolute Gasteiger partial charge is 0.382 e. The monoisotopic (exact) mass is 241 g/mol. The van der Waals surface area contributed by atoms with E-state index in [9.17, 15) is 0 Å². The number of pyridine rings is 1. The highest BCUT2D eigenvalue weighted by Gasteiger charge is 2.12. The molecule has 1 atom stereocenters. The number of anilines is 1. The zero-order valence-corrected chi connectivity index (χ0v) is 10.5. The average molecular weight is 241 g/mol. The van der Waals surface area contributed by atoms with Gasteiger partial charge in [-0.2, -0.15) is 0 Å². The summed E-state index contributed by atoms with van der Waals surface area (Å²) in [6.45, 7) is 2.13. The molecule has 0 saturated carbocycles. The molecule has 0 spiro atoms. The maximum atomic E-state index is 4.46. The van der Waals surface area contributed by atoms with E-state index in [0.717, 1.165) is 24.3 Å². The molecule has 2 N–H and O–H groups in total. The van der Waals surface area contributed by atoms with Gasteiger partial charge in [-0.15, -0.1) is 0 Å². The number of piperidine rings is 1. The Bertz CT molecular complexity index is 513. The first-order valence-electron chi connectivity index (χ1n) is 6.74. The summed E-state index contributed by atoms with van der Waals surface area (Å²) >= 11 is 0. The summed E-state index contributed by atoms with van der Waals surface area (Å²) in [6, 6.07) is 11.0. The molecular formula is C15H19N3. The first-order valence-corrected chi connectivity index (χ1v) is 6.74. The Balaban J connectivity index is 1.74. The van der Waals surface area contributed by atoms with Crippen LogP contribution in [0.25, 0.3) is 10.9 Å². The lowest BCUT2D eigenvalue weighted by Crippen LogP contribution is -2.39. The summed E-state index contributed by atoms with van der Waals surface area (Å²) in [5.41, 5.74) is 2.20. The first kappa shape index (κ1) is 11.5. The zero-order valence-electron chi connectivity index (χ0n) is 10.5. The molecule has 2 heterocycles. The van der Waals surface area contributed by atoms with Crippen molar-refractivity contribution in [3.63, 3.8) is 0 Å². The van der Waals surface area contributed by atoms with Crippen LogP contribution in [0.5, 0.6) is 0 Å². The van der Waals surface area contributed by atoms with Crippen molar-refractivity contribution >= 4 is 16.6 Å². The van der Waals surface area contributed by atoms with E-state index in [-0.39, 0.29) is 0 Å². The summed E-state index contributed by atoms with van der Waals surface area (Å²) in [4.78, 5) is 4.46. The van der Waals surface area contributed by atoms with Crippen molar-refractivity contribution in [2.45, 2.75) is 25.3 Å². The minimum Gasteiger partial charge on any atom is -0.382 e. The van der Waals surface area contributed by atoms with Crippen molar-refractivity contribution in [2.24, 2.45) is 0 Å². The number of benzene rings is 1. The zero-order chi connectivity index (χ0) is 12.2. The second-order valence-corrected chi connectivity index (χ2v) is 4.91. The van der Waals surface area contributed by atoms with Gasteiger partial charge >= 0.3 is 0 Å². The van der Waals surface area contributed by atoms with Gasteiger partial charge in [0.15, 0.2) is 0 Å². The van der Waals surface area contributed by atoms with Gasteiger partial charge in [-0.25, -0.2) is 0 Å². The van der Waals surface area contributed by atoms with E-state index in [1.807, 2.05) is 12.3 Å². The van der Waals surface area contributed by atoms with E-state index in [1.54, 1.807) is 0 Å². The van der Waals surface area contributed by atoms with Gasteiger partial charge in [0, 0.05) is 24.2 Å². The topological polar surface area (TPSA) is 37.0 Å². The molecular weight excluding hydrogens is 222 g/mol. The summed E-state index contributed by atoms with van der Waals surface area (Å²) in [6.07, 6.45) is 5.77. The predicted molar refractivity (Wildman–Crippen MR) is 75.9 cm³/mol. The molecule has 3 rings (SSSR count). The fourth-order valence-corrected chi connectivity index (χ4v) is 2.58. The van der Waals surface area contributed by atoms with Gasteiger partial charge in [0.05, 0.1) is 11.2 Å². The number of hydrogen-bond acceptors (Lipinski definition) is 3. The predicted octanol–water partition coefficient (Wildman–Crippen LogP) is 2.79. The van der Waals surface area contributed by atoms with Crippen LogP contribution in [0.4, 0.5) is 5.69 Å². The quantitative estimate of drug-likeness (QED) is 0.867.